The Labute approximate surface area is 127 Å². The van der Waals surface area contributed by atoms with Gasteiger partial charge >= 0.3 is 5.97 Å². The van der Waals surface area contributed by atoms with Crippen molar-refractivity contribution in [3.8, 4) is 0 Å². The van der Waals surface area contributed by atoms with Gasteiger partial charge in [-0.1, -0.05) is 13.8 Å². The van der Waals surface area contributed by atoms with Crippen LogP contribution in [0, 0.1) is 0 Å². The Morgan fingerprint density at radius 2 is 1.95 bits per heavy atom. The predicted octanol–water partition coefficient (Wildman–Crippen LogP) is 2.70. The number of carbonyl (C=O) groups is 1. The summed E-state index contributed by atoms with van der Waals surface area (Å²) in [5, 5.41) is 0. The van der Waals surface area contributed by atoms with Crippen molar-refractivity contribution < 1.29 is 14.3 Å². The van der Waals surface area contributed by atoms with Crippen LogP contribution < -0.4 is 10.6 Å². The Hall–Kier alpha value is -1.75. The van der Waals surface area contributed by atoms with Crippen LogP contribution in [-0.2, 0) is 9.47 Å². The van der Waals surface area contributed by atoms with Crippen LogP contribution in [0.25, 0.3) is 0 Å². The zero-order valence-corrected chi connectivity index (χ0v) is 13.4. The minimum atomic E-state index is -0.376. The lowest BCUT2D eigenvalue weighted by Crippen LogP contribution is -2.37. The molecule has 21 heavy (non-hydrogen) atoms. The van der Waals surface area contributed by atoms with Gasteiger partial charge in [0.2, 0.25) is 0 Å². The predicted molar refractivity (Wildman–Crippen MR) is 85.8 cm³/mol. The van der Waals surface area contributed by atoms with Gasteiger partial charge in [0.05, 0.1) is 30.7 Å². The van der Waals surface area contributed by atoms with Gasteiger partial charge in [-0.2, -0.15) is 0 Å². The van der Waals surface area contributed by atoms with E-state index in [1.54, 1.807) is 19.2 Å². The molecule has 2 N–H and O–H groups in total. The fourth-order valence-corrected chi connectivity index (χ4v) is 2.48. The Kier molecular flexibility index (Phi) is 7.02. The summed E-state index contributed by atoms with van der Waals surface area (Å²) < 4.78 is 9.91. The van der Waals surface area contributed by atoms with Crippen molar-refractivity contribution in [2.24, 2.45) is 0 Å². The SMILES string of the molecule is CCC(CC)N(CCOC)c1ccc(C(=O)OC)cc1N. The van der Waals surface area contributed by atoms with E-state index in [-0.39, 0.29) is 5.97 Å². The fourth-order valence-electron chi connectivity index (χ4n) is 2.48. The maximum atomic E-state index is 11.6. The number of anilines is 2. The first kappa shape index (κ1) is 17.3. The molecular formula is C16H26N2O3. The van der Waals surface area contributed by atoms with Crippen LogP contribution in [0.5, 0.6) is 0 Å². The number of rotatable bonds is 8. The van der Waals surface area contributed by atoms with Gasteiger partial charge in [-0.25, -0.2) is 4.79 Å². The molecule has 0 aromatic heterocycles. The quantitative estimate of drug-likeness (QED) is 0.590. The zero-order chi connectivity index (χ0) is 15.8. The number of hydrogen-bond donors (Lipinski definition) is 1. The third-order valence-corrected chi connectivity index (χ3v) is 3.68. The van der Waals surface area contributed by atoms with E-state index in [9.17, 15) is 4.79 Å². The highest BCUT2D eigenvalue weighted by atomic mass is 16.5. The average Bonchev–Trinajstić information content (AvgIpc) is 2.51. The van der Waals surface area contributed by atoms with E-state index < -0.39 is 0 Å². The molecule has 118 valence electrons. The average molecular weight is 294 g/mol. The van der Waals surface area contributed by atoms with Crippen LogP contribution in [0.15, 0.2) is 18.2 Å². The summed E-state index contributed by atoms with van der Waals surface area (Å²) in [5.41, 5.74) is 8.13. The van der Waals surface area contributed by atoms with Crippen molar-refractivity contribution in [3.05, 3.63) is 23.8 Å². The van der Waals surface area contributed by atoms with E-state index in [0.29, 0.717) is 23.9 Å². The second-order valence-electron chi connectivity index (χ2n) is 4.92. The lowest BCUT2D eigenvalue weighted by Gasteiger charge is -2.33. The summed E-state index contributed by atoms with van der Waals surface area (Å²) in [6.45, 7) is 5.72. The molecule has 0 fully saturated rings. The van der Waals surface area contributed by atoms with Crippen molar-refractivity contribution in [3.63, 3.8) is 0 Å². The van der Waals surface area contributed by atoms with Crippen molar-refractivity contribution in [1.29, 1.82) is 0 Å². The van der Waals surface area contributed by atoms with E-state index >= 15 is 0 Å². The number of ether oxygens (including phenoxy) is 2. The van der Waals surface area contributed by atoms with E-state index in [2.05, 4.69) is 18.7 Å². The second-order valence-corrected chi connectivity index (χ2v) is 4.92. The molecule has 0 saturated heterocycles. The summed E-state index contributed by atoms with van der Waals surface area (Å²) in [6, 6.07) is 5.70. The highest BCUT2D eigenvalue weighted by Crippen LogP contribution is 2.28. The fraction of sp³-hybridized carbons (Fsp3) is 0.562. The molecule has 0 amide bonds. The van der Waals surface area contributed by atoms with Crippen LogP contribution in [0.2, 0.25) is 0 Å². The summed E-state index contributed by atoms with van der Waals surface area (Å²) in [5.74, 6) is -0.376. The third-order valence-electron chi connectivity index (χ3n) is 3.68. The topological polar surface area (TPSA) is 64.8 Å². The molecule has 0 saturated carbocycles. The Balaban J connectivity index is 3.09. The smallest absolute Gasteiger partial charge is 0.337 e. The third kappa shape index (κ3) is 4.36. The molecule has 0 unspecified atom stereocenters. The summed E-state index contributed by atoms with van der Waals surface area (Å²) >= 11 is 0. The molecule has 0 atom stereocenters. The van der Waals surface area contributed by atoms with Gasteiger partial charge in [-0.15, -0.1) is 0 Å². The Morgan fingerprint density at radius 3 is 2.43 bits per heavy atom. The second kappa shape index (κ2) is 8.52. The van der Waals surface area contributed by atoms with Gasteiger partial charge in [-0.3, -0.25) is 0 Å². The standard InChI is InChI=1S/C16H26N2O3/c1-5-13(6-2)18(9-10-20-3)15-8-7-12(11-14(15)17)16(19)21-4/h7-8,11,13H,5-6,9-10,17H2,1-4H3. The molecule has 0 aliphatic carbocycles. The van der Waals surface area contributed by atoms with Crippen LogP contribution in [-0.4, -0.2) is 39.4 Å². The molecule has 0 bridgehead atoms. The van der Waals surface area contributed by atoms with Crippen molar-refractivity contribution >= 4 is 17.3 Å². The number of carbonyl (C=O) groups excluding carboxylic acids is 1. The highest BCUT2D eigenvalue weighted by molar-refractivity contribution is 5.92. The van der Waals surface area contributed by atoms with E-state index in [4.69, 9.17) is 15.2 Å². The minimum absolute atomic E-state index is 0.376. The number of hydrogen-bond acceptors (Lipinski definition) is 5. The highest BCUT2D eigenvalue weighted by Gasteiger charge is 2.19. The van der Waals surface area contributed by atoms with Crippen LogP contribution >= 0.6 is 0 Å². The number of nitrogens with zero attached hydrogens (tertiary/aromatic N) is 1. The van der Waals surface area contributed by atoms with Gasteiger partial charge in [-0.05, 0) is 31.0 Å². The molecule has 0 aliphatic heterocycles. The number of benzene rings is 1. The lowest BCUT2D eigenvalue weighted by atomic mass is 10.1. The number of nitrogen functional groups attached to an aromatic ring is 1. The maximum Gasteiger partial charge on any atom is 0.337 e. The van der Waals surface area contributed by atoms with Crippen LogP contribution in [0.3, 0.4) is 0 Å². The van der Waals surface area contributed by atoms with Gasteiger partial charge in [0.1, 0.15) is 0 Å². The van der Waals surface area contributed by atoms with Crippen LogP contribution in [0.1, 0.15) is 37.0 Å². The number of esters is 1. The van der Waals surface area contributed by atoms with Crippen molar-refractivity contribution in [1.82, 2.24) is 0 Å². The summed E-state index contributed by atoms with van der Waals surface area (Å²) in [4.78, 5) is 13.8. The monoisotopic (exact) mass is 294 g/mol. The number of methoxy groups -OCH3 is 2. The molecule has 1 aromatic rings. The van der Waals surface area contributed by atoms with Crippen molar-refractivity contribution in [2.75, 3.05) is 38.0 Å². The van der Waals surface area contributed by atoms with Gasteiger partial charge in [0, 0.05) is 19.7 Å². The summed E-state index contributed by atoms with van der Waals surface area (Å²) in [6.07, 6.45) is 2.05. The largest absolute Gasteiger partial charge is 0.465 e. The molecular weight excluding hydrogens is 268 g/mol. The Bertz CT molecular complexity index is 459. The first-order valence-electron chi connectivity index (χ1n) is 7.32. The molecule has 0 heterocycles. The molecule has 0 aliphatic rings. The van der Waals surface area contributed by atoms with Crippen LogP contribution in [0.4, 0.5) is 11.4 Å². The van der Waals surface area contributed by atoms with Crippen molar-refractivity contribution in [2.45, 2.75) is 32.7 Å². The van der Waals surface area contributed by atoms with Gasteiger partial charge in [0.25, 0.3) is 0 Å². The van der Waals surface area contributed by atoms with E-state index in [1.807, 2.05) is 6.07 Å². The molecule has 5 nitrogen and oxygen atoms in total. The lowest BCUT2D eigenvalue weighted by molar-refractivity contribution is 0.0601. The summed E-state index contributed by atoms with van der Waals surface area (Å²) in [7, 11) is 3.05. The van der Waals surface area contributed by atoms with E-state index in [0.717, 1.165) is 25.1 Å². The molecule has 5 heteroatoms. The molecule has 0 radical (unpaired) electrons. The minimum Gasteiger partial charge on any atom is -0.465 e. The first-order chi connectivity index (χ1) is 10.1. The van der Waals surface area contributed by atoms with Gasteiger partial charge < -0.3 is 20.1 Å². The zero-order valence-electron chi connectivity index (χ0n) is 13.4. The molecule has 1 aromatic carbocycles. The normalized spacial score (nSPS) is 10.7. The number of nitrogens with two attached hydrogens (primary N) is 1. The molecule has 1 rings (SSSR count). The molecule has 0 spiro atoms. The maximum absolute atomic E-state index is 11.6. The first-order valence-corrected chi connectivity index (χ1v) is 7.32. The van der Waals surface area contributed by atoms with Gasteiger partial charge in [0.15, 0.2) is 0 Å². The Morgan fingerprint density at radius 1 is 1.29 bits per heavy atom. The van der Waals surface area contributed by atoms with E-state index in [1.165, 1.54) is 7.11 Å².